The van der Waals surface area contributed by atoms with Gasteiger partial charge in [-0.2, -0.15) is 0 Å². The van der Waals surface area contributed by atoms with Crippen LogP contribution >= 0.6 is 0 Å². The number of aliphatic hydroxyl groups is 2. The third-order valence-corrected chi connectivity index (χ3v) is 4.49. The van der Waals surface area contributed by atoms with Crippen molar-refractivity contribution in [1.29, 1.82) is 0 Å². The van der Waals surface area contributed by atoms with E-state index in [1.807, 2.05) is 4.72 Å². The molecule has 26 heavy (non-hydrogen) atoms. The zero-order chi connectivity index (χ0) is 19.0. The molecule has 0 fully saturated rings. The van der Waals surface area contributed by atoms with E-state index in [1.54, 1.807) is 18.2 Å². The minimum atomic E-state index is -4.03. The third-order valence-electron chi connectivity index (χ3n) is 3.14. The lowest BCUT2D eigenvalue weighted by Crippen LogP contribution is -2.30. The molecule has 140 valence electrons. The number of carbonyl (C=O) groups excluding carboxylic acids is 1. The molecule has 3 N–H and O–H groups in total. The lowest BCUT2D eigenvalue weighted by Gasteiger charge is -2.12. The SMILES string of the molecule is O=C(NS(=O)(=O)c1ccccc1)c1cc(OCCO)cc(OCCO)c1. The summed E-state index contributed by atoms with van der Waals surface area (Å²) >= 11 is 0. The van der Waals surface area contributed by atoms with Gasteiger partial charge in [-0.25, -0.2) is 13.1 Å². The molecule has 0 heterocycles. The molecule has 2 rings (SSSR count). The Kier molecular flexibility index (Phi) is 6.96. The molecule has 0 unspecified atom stereocenters. The molecule has 0 aliphatic heterocycles. The van der Waals surface area contributed by atoms with Crippen LogP contribution < -0.4 is 14.2 Å². The molecule has 0 aromatic heterocycles. The van der Waals surface area contributed by atoms with Gasteiger partial charge in [0, 0.05) is 11.6 Å². The molecule has 0 spiro atoms. The second-order valence-electron chi connectivity index (χ2n) is 5.08. The predicted octanol–water partition coefficient (Wildman–Crippen LogP) is 0.547. The van der Waals surface area contributed by atoms with Crippen LogP contribution in [0.5, 0.6) is 11.5 Å². The number of rotatable bonds is 9. The lowest BCUT2D eigenvalue weighted by molar-refractivity contribution is 0.0980. The first-order valence-electron chi connectivity index (χ1n) is 7.71. The summed E-state index contributed by atoms with van der Waals surface area (Å²) in [5.41, 5.74) is -0.00659. The van der Waals surface area contributed by atoms with E-state index in [9.17, 15) is 13.2 Å². The van der Waals surface area contributed by atoms with Crippen LogP contribution in [0, 0.1) is 0 Å². The fourth-order valence-electron chi connectivity index (χ4n) is 2.04. The Morgan fingerprint density at radius 3 is 1.96 bits per heavy atom. The van der Waals surface area contributed by atoms with E-state index in [-0.39, 0.29) is 48.4 Å². The molecule has 0 saturated heterocycles. The molecule has 2 aromatic rings. The Morgan fingerprint density at radius 1 is 0.923 bits per heavy atom. The van der Waals surface area contributed by atoms with Gasteiger partial charge in [-0.3, -0.25) is 4.79 Å². The van der Waals surface area contributed by atoms with Crippen molar-refractivity contribution < 1.29 is 32.9 Å². The summed E-state index contributed by atoms with van der Waals surface area (Å²) < 4.78 is 37.0. The summed E-state index contributed by atoms with van der Waals surface area (Å²) in [6, 6.07) is 11.6. The standard InChI is InChI=1S/C17H19NO7S/c19-6-8-24-14-10-13(11-15(12-14)25-9-7-20)17(21)18-26(22,23)16-4-2-1-3-5-16/h1-5,10-12,19-20H,6-9H2,(H,18,21). The first-order chi connectivity index (χ1) is 12.5. The van der Waals surface area contributed by atoms with Gasteiger partial charge in [0.25, 0.3) is 15.9 Å². The first kappa shape index (κ1) is 19.7. The van der Waals surface area contributed by atoms with Gasteiger partial charge in [-0.1, -0.05) is 18.2 Å². The Hall–Kier alpha value is -2.62. The molecule has 1 amide bonds. The van der Waals surface area contributed by atoms with Crippen LogP contribution in [-0.4, -0.2) is 51.0 Å². The highest BCUT2D eigenvalue weighted by Crippen LogP contribution is 2.23. The van der Waals surface area contributed by atoms with Crippen molar-refractivity contribution in [2.45, 2.75) is 4.90 Å². The minimum Gasteiger partial charge on any atom is -0.491 e. The quantitative estimate of drug-likeness (QED) is 0.580. The molecule has 0 atom stereocenters. The van der Waals surface area contributed by atoms with Gasteiger partial charge < -0.3 is 19.7 Å². The fourth-order valence-corrected chi connectivity index (χ4v) is 3.03. The topological polar surface area (TPSA) is 122 Å². The molecule has 2 aromatic carbocycles. The summed E-state index contributed by atoms with van der Waals surface area (Å²) in [5.74, 6) is -0.425. The fraction of sp³-hybridized carbons (Fsp3) is 0.235. The van der Waals surface area contributed by atoms with E-state index >= 15 is 0 Å². The summed E-state index contributed by atoms with van der Waals surface area (Å²) in [5, 5.41) is 17.7. The Bertz CT molecular complexity index is 811. The van der Waals surface area contributed by atoms with Crippen LogP contribution in [0.15, 0.2) is 53.4 Å². The number of hydrogen-bond acceptors (Lipinski definition) is 7. The number of aliphatic hydroxyl groups excluding tert-OH is 2. The molecular formula is C17H19NO7S. The van der Waals surface area contributed by atoms with Crippen molar-refractivity contribution in [3.63, 3.8) is 0 Å². The highest BCUT2D eigenvalue weighted by Gasteiger charge is 2.19. The van der Waals surface area contributed by atoms with Crippen molar-refractivity contribution >= 4 is 15.9 Å². The maximum absolute atomic E-state index is 12.4. The predicted molar refractivity (Wildman–Crippen MR) is 92.7 cm³/mol. The highest BCUT2D eigenvalue weighted by atomic mass is 32.2. The van der Waals surface area contributed by atoms with Crippen LogP contribution in [0.3, 0.4) is 0 Å². The number of amides is 1. The van der Waals surface area contributed by atoms with Gasteiger partial charge in [0.2, 0.25) is 0 Å². The monoisotopic (exact) mass is 381 g/mol. The van der Waals surface area contributed by atoms with Crippen molar-refractivity contribution in [2.75, 3.05) is 26.4 Å². The van der Waals surface area contributed by atoms with E-state index in [4.69, 9.17) is 19.7 Å². The summed E-state index contributed by atoms with van der Waals surface area (Å²) in [4.78, 5) is 12.3. The smallest absolute Gasteiger partial charge is 0.265 e. The largest absolute Gasteiger partial charge is 0.491 e. The molecule has 9 heteroatoms. The molecule has 0 radical (unpaired) electrons. The number of benzene rings is 2. The molecule has 0 aliphatic carbocycles. The number of sulfonamides is 1. The van der Waals surface area contributed by atoms with Crippen molar-refractivity contribution in [3.05, 3.63) is 54.1 Å². The summed E-state index contributed by atoms with van der Waals surface area (Å²) in [7, 11) is -4.03. The van der Waals surface area contributed by atoms with Gasteiger partial charge in [0.1, 0.15) is 24.7 Å². The second-order valence-corrected chi connectivity index (χ2v) is 6.77. The first-order valence-corrected chi connectivity index (χ1v) is 9.19. The van der Waals surface area contributed by atoms with Gasteiger partial charge in [-0.15, -0.1) is 0 Å². The third kappa shape index (κ3) is 5.45. The number of carbonyl (C=O) groups is 1. The summed E-state index contributed by atoms with van der Waals surface area (Å²) in [6.07, 6.45) is 0. The maximum atomic E-state index is 12.4. The molecular weight excluding hydrogens is 362 g/mol. The van der Waals surface area contributed by atoms with Gasteiger partial charge in [-0.05, 0) is 24.3 Å². The van der Waals surface area contributed by atoms with Crippen molar-refractivity contribution in [1.82, 2.24) is 4.72 Å². The van der Waals surface area contributed by atoms with E-state index in [0.29, 0.717) is 0 Å². The van der Waals surface area contributed by atoms with Crippen LogP contribution in [0.2, 0.25) is 0 Å². The van der Waals surface area contributed by atoms with Crippen molar-refractivity contribution in [3.8, 4) is 11.5 Å². The maximum Gasteiger partial charge on any atom is 0.265 e. The van der Waals surface area contributed by atoms with Crippen LogP contribution in [0.1, 0.15) is 10.4 Å². The summed E-state index contributed by atoms with van der Waals surface area (Å²) in [6.45, 7) is -0.475. The van der Waals surface area contributed by atoms with Gasteiger partial charge >= 0.3 is 0 Å². The Morgan fingerprint density at radius 2 is 1.46 bits per heavy atom. The van der Waals surface area contributed by atoms with E-state index in [2.05, 4.69) is 0 Å². The molecule has 0 bridgehead atoms. The average Bonchev–Trinajstić information content (AvgIpc) is 2.65. The Balaban J connectivity index is 2.26. The zero-order valence-corrected chi connectivity index (χ0v) is 14.6. The minimum absolute atomic E-state index is 0.00659. The molecule has 8 nitrogen and oxygen atoms in total. The number of nitrogens with one attached hydrogen (secondary N) is 1. The van der Waals surface area contributed by atoms with Crippen LogP contribution in [-0.2, 0) is 10.0 Å². The second kappa shape index (κ2) is 9.18. The van der Waals surface area contributed by atoms with Gasteiger partial charge in [0.15, 0.2) is 0 Å². The van der Waals surface area contributed by atoms with Crippen LogP contribution in [0.25, 0.3) is 0 Å². The molecule has 0 aliphatic rings. The number of ether oxygens (including phenoxy) is 2. The number of hydrogen-bond donors (Lipinski definition) is 3. The van der Waals surface area contributed by atoms with E-state index in [1.165, 1.54) is 30.3 Å². The van der Waals surface area contributed by atoms with E-state index < -0.39 is 15.9 Å². The van der Waals surface area contributed by atoms with Crippen LogP contribution in [0.4, 0.5) is 0 Å². The molecule has 0 saturated carbocycles. The lowest BCUT2D eigenvalue weighted by atomic mass is 10.2. The highest BCUT2D eigenvalue weighted by molar-refractivity contribution is 7.90. The average molecular weight is 381 g/mol. The zero-order valence-electron chi connectivity index (χ0n) is 13.8. The Labute approximate surface area is 151 Å². The van der Waals surface area contributed by atoms with Gasteiger partial charge in [0.05, 0.1) is 18.1 Å². The van der Waals surface area contributed by atoms with Crippen molar-refractivity contribution in [2.24, 2.45) is 0 Å². The normalized spacial score (nSPS) is 11.0. The van der Waals surface area contributed by atoms with E-state index in [0.717, 1.165) is 0 Å².